The zero-order chi connectivity index (χ0) is 19.2. The molecule has 0 spiro atoms. The molecule has 1 aliphatic rings. The molecule has 0 amide bonds. The predicted molar refractivity (Wildman–Crippen MR) is 125 cm³/mol. The lowest BCUT2D eigenvalue weighted by atomic mass is 10.0. The van der Waals surface area contributed by atoms with Crippen molar-refractivity contribution in [2.24, 2.45) is 16.8 Å². The van der Waals surface area contributed by atoms with Gasteiger partial charge in [0.05, 0.1) is 13.2 Å². The molecular weight excluding hydrogens is 455 g/mol. The molecule has 6 nitrogen and oxygen atoms in total. The summed E-state index contributed by atoms with van der Waals surface area (Å²) in [6.45, 7) is 16.4. The fourth-order valence-corrected chi connectivity index (χ4v) is 3.43. The van der Waals surface area contributed by atoms with Crippen molar-refractivity contribution in [3.63, 3.8) is 0 Å². The summed E-state index contributed by atoms with van der Waals surface area (Å²) in [6, 6.07) is 0.542. The van der Waals surface area contributed by atoms with E-state index < -0.39 is 0 Å². The fraction of sp³-hybridized carbons (Fsp3) is 0.950. The van der Waals surface area contributed by atoms with Crippen LogP contribution in [-0.4, -0.2) is 76.6 Å². The first-order valence-corrected chi connectivity index (χ1v) is 10.4. The highest BCUT2D eigenvalue weighted by molar-refractivity contribution is 14.0. The lowest BCUT2D eigenvalue weighted by Gasteiger charge is -2.31. The average Bonchev–Trinajstić information content (AvgIpc) is 3.14. The zero-order valence-corrected chi connectivity index (χ0v) is 20.5. The Labute approximate surface area is 184 Å². The first-order valence-electron chi connectivity index (χ1n) is 10.4. The number of nitrogens with zero attached hydrogens (tertiary/aromatic N) is 2. The lowest BCUT2D eigenvalue weighted by molar-refractivity contribution is 0.0888. The van der Waals surface area contributed by atoms with Gasteiger partial charge in [-0.1, -0.05) is 27.7 Å². The maximum Gasteiger partial charge on any atom is 0.191 e. The van der Waals surface area contributed by atoms with Gasteiger partial charge in [-0.3, -0.25) is 9.89 Å². The Morgan fingerprint density at radius 1 is 1.26 bits per heavy atom. The molecule has 162 valence electrons. The average molecular weight is 498 g/mol. The fourth-order valence-electron chi connectivity index (χ4n) is 3.43. The van der Waals surface area contributed by atoms with Crippen LogP contribution in [0.15, 0.2) is 4.99 Å². The predicted octanol–water partition coefficient (Wildman–Crippen LogP) is 2.97. The second-order valence-corrected chi connectivity index (χ2v) is 7.54. The molecule has 0 bridgehead atoms. The van der Waals surface area contributed by atoms with Gasteiger partial charge in [0.2, 0.25) is 0 Å². The third-order valence-corrected chi connectivity index (χ3v) is 4.94. The van der Waals surface area contributed by atoms with Crippen LogP contribution >= 0.6 is 24.0 Å². The van der Waals surface area contributed by atoms with Crippen LogP contribution in [0.3, 0.4) is 0 Å². The van der Waals surface area contributed by atoms with Crippen molar-refractivity contribution in [3.05, 3.63) is 0 Å². The Morgan fingerprint density at radius 3 is 2.56 bits per heavy atom. The molecule has 0 aliphatic carbocycles. The first-order chi connectivity index (χ1) is 12.6. The standard InChI is InChI=1S/C20H42N4O2.HI/c1-6-24(7-2)19(13-17(3)4)14-23-20(21-5)22-10-8-11-25-15-18-9-12-26-16-18;/h17-19H,6-16H2,1-5H3,(H2,21,22,23);1H. The van der Waals surface area contributed by atoms with Gasteiger partial charge in [-0.25, -0.2) is 0 Å². The van der Waals surface area contributed by atoms with Gasteiger partial charge in [-0.05, 0) is 38.3 Å². The zero-order valence-electron chi connectivity index (χ0n) is 18.1. The molecule has 2 unspecified atom stereocenters. The molecule has 7 heteroatoms. The van der Waals surface area contributed by atoms with Gasteiger partial charge in [-0.2, -0.15) is 0 Å². The Kier molecular flexibility index (Phi) is 16.7. The van der Waals surface area contributed by atoms with Crippen molar-refractivity contribution in [1.29, 1.82) is 0 Å². The van der Waals surface area contributed by atoms with Crippen LogP contribution in [0.2, 0.25) is 0 Å². The smallest absolute Gasteiger partial charge is 0.191 e. The summed E-state index contributed by atoms with van der Waals surface area (Å²) < 4.78 is 11.1. The highest BCUT2D eigenvalue weighted by atomic mass is 127. The molecule has 0 saturated carbocycles. The molecule has 0 radical (unpaired) electrons. The Balaban J connectivity index is 0.00000676. The molecule has 1 heterocycles. The Morgan fingerprint density at radius 2 is 2.00 bits per heavy atom. The maximum atomic E-state index is 5.75. The number of halogens is 1. The monoisotopic (exact) mass is 498 g/mol. The number of likely N-dealkylation sites (N-methyl/N-ethyl adjacent to an activating group) is 1. The summed E-state index contributed by atoms with van der Waals surface area (Å²) in [5.74, 6) is 2.17. The van der Waals surface area contributed by atoms with Crippen LogP contribution in [0.25, 0.3) is 0 Å². The van der Waals surface area contributed by atoms with Crippen molar-refractivity contribution in [1.82, 2.24) is 15.5 Å². The van der Waals surface area contributed by atoms with Gasteiger partial charge >= 0.3 is 0 Å². The molecule has 1 aliphatic heterocycles. The molecule has 1 rings (SSSR count). The van der Waals surface area contributed by atoms with E-state index in [1.165, 1.54) is 6.42 Å². The van der Waals surface area contributed by atoms with E-state index in [-0.39, 0.29) is 24.0 Å². The van der Waals surface area contributed by atoms with Crippen molar-refractivity contribution in [2.45, 2.75) is 53.0 Å². The normalized spacial score (nSPS) is 18.6. The van der Waals surface area contributed by atoms with Gasteiger partial charge in [0.15, 0.2) is 5.96 Å². The third-order valence-electron chi connectivity index (χ3n) is 4.94. The Hall–Kier alpha value is -0.120. The number of aliphatic imine (C=N–C) groups is 1. The third kappa shape index (κ3) is 12.1. The second kappa shape index (κ2) is 16.8. The van der Waals surface area contributed by atoms with E-state index in [2.05, 4.69) is 48.2 Å². The highest BCUT2D eigenvalue weighted by Crippen LogP contribution is 2.12. The molecule has 0 aromatic rings. The largest absolute Gasteiger partial charge is 0.381 e. The highest BCUT2D eigenvalue weighted by Gasteiger charge is 2.17. The summed E-state index contributed by atoms with van der Waals surface area (Å²) in [5, 5.41) is 6.90. The minimum absolute atomic E-state index is 0. The second-order valence-electron chi connectivity index (χ2n) is 7.54. The van der Waals surface area contributed by atoms with Crippen molar-refractivity contribution in [2.75, 3.05) is 59.7 Å². The summed E-state index contributed by atoms with van der Waals surface area (Å²) >= 11 is 0. The maximum absolute atomic E-state index is 5.75. The first kappa shape index (κ1) is 26.9. The summed E-state index contributed by atoms with van der Waals surface area (Å²) in [6.07, 6.45) is 3.32. The number of ether oxygens (including phenoxy) is 2. The number of hydrogen-bond donors (Lipinski definition) is 2. The van der Waals surface area contributed by atoms with Gasteiger partial charge in [-0.15, -0.1) is 24.0 Å². The van der Waals surface area contributed by atoms with E-state index in [4.69, 9.17) is 9.47 Å². The quantitative estimate of drug-likeness (QED) is 0.177. The van der Waals surface area contributed by atoms with E-state index in [0.717, 1.165) is 71.4 Å². The van der Waals surface area contributed by atoms with Crippen LogP contribution in [0.1, 0.15) is 47.0 Å². The van der Waals surface area contributed by atoms with Gasteiger partial charge in [0.25, 0.3) is 0 Å². The van der Waals surface area contributed by atoms with Crippen molar-refractivity contribution in [3.8, 4) is 0 Å². The molecule has 2 N–H and O–H groups in total. The molecule has 2 atom stereocenters. The molecular formula is C20H43IN4O2. The molecule has 1 saturated heterocycles. The van der Waals surface area contributed by atoms with E-state index >= 15 is 0 Å². The van der Waals surface area contributed by atoms with Gasteiger partial charge < -0.3 is 20.1 Å². The molecule has 0 aromatic carbocycles. The van der Waals surface area contributed by atoms with Gasteiger partial charge in [0, 0.05) is 45.3 Å². The van der Waals surface area contributed by atoms with Crippen LogP contribution in [0.5, 0.6) is 0 Å². The van der Waals surface area contributed by atoms with E-state index in [9.17, 15) is 0 Å². The van der Waals surface area contributed by atoms with E-state index in [1.807, 2.05) is 7.05 Å². The number of guanidine groups is 1. The SMILES string of the molecule is CCN(CC)C(CNC(=NC)NCCCOCC1CCOC1)CC(C)C.I. The minimum Gasteiger partial charge on any atom is -0.381 e. The molecule has 27 heavy (non-hydrogen) atoms. The van der Waals surface area contributed by atoms with E-state index in [1.54, 1.807) is 0 Å². The van der Waals surface area contributed by atoms with Crippen LogP contribution in [0.4, 0.5) is 0 Å². The van der Waals surface area contributed by atoms with Crippen LogP contribution in [0, 0.1) is 11.8 Å². The lowest BCUT2D eigenvalue weighted by Crippen LogP contribution is -2.47. The summed E-state index contributed by atoms with van der Waals surface area (Å²) in [4.78, 5) is 6.88. The van der Waals surface area contributed by atoms with E-state index in [0.29, 0.717) is 17.9 Å². The number of rotatable bonds is 13. The van der Waals surface area contributed by atoms with Crippen molar-refractivity contribution < 1.29 is 9.47 Å². The number of nitrogens with one attached hydrogen (secondary N) is 2. The minimum atomic E-state index is 0. The topological polar surface area (TPSA) is 58.1 Å². The summed E-state index contributed by atoms with van der Waals surface area (Å²) in [5.41, 5.74) is 0. The molecule has 1 fully saturated rings. The summed E-state index contributed by atoms with van der Waals surface area (Å²) in [7, 11) is 1.83. The number of hydrogen-bond acceptors (Lipinski definition) is 4. The van der Waals surface area contributed by atoms with Crippen LogP contribution < -0.4 is 10.6 Å². The van der Waals surface area contributed by atoms with Crippen molar-refractivity contribution >= 4 is 29.9 Å². The molecule has 0 aromatic heterocycles. The van der Waals surface area contributed by atoms with Crippen LogP contribution in [-0.2, 0) is 9.47 Å². The Bertz CT molecular complexity index is 373. The van der Waals surface area contributed by atoms with Gasteiger partial charge in [0.1, 0.15) is 0 Å².